The molecule has 1 atom stereocenters. The number of carbonyl (C=O) groups is 1. The number of aryl methyl sites for hydroxylation is 1. The predicted molar refractivity (Wildman–Crippen MR) is 87.6 cm³/mol. The third-order valence-corrected chi connectivity index (χ3v) is 4.32. The van der Waals surface area contributed by atoms with Crippen LogP contribution in [0.2, 0.25) is 0 Å². The Kier molecular flexibility index (Phi) is 3.46. The lowest BCUT2D eigenvalue weighted by atomic mass is 10.0. The van der Waals surface area contributed by atoms with Crippen molar-refractivity contribution in [1.29, 1.82) is 0 Å². The third kappa shape index (κ3) is 2.77. The number of benzene rings is 1. The van der Waals surface area contributed by atoms with E-state index in [1.54, 1.807) is 0 Å². The summed E-state index contributed by atoms with van der Waals surface area (Å²) in [4.78, 5) is 12.4. The fraction of sp³-hybridized carbons (Fsp3) is 0.222. The average molecular weight is 306 g/mol. The summed E-state index contributed by atoms with van der Waals surface area (Å²) in [7, 11) is 0. The van der Waals surface area contributed by atoms with Crippen LogP contribution in [0, 0.1) is 0 Å². The van der Waals surface area contributed by atoms with E-state index in [-0.39, 0.29) is 11.9 Å². The zero-order valence-corrected chi connectivity index (χ0v) is 12.7. The fourth-order valence-electron chi connectivity index (χ4n) is 3.05. The van der Waals surface area contributed by atoms with E-state index < -0.39 is 0 Å². The summed E-state index contributed by atoms with van der Waals surface area (Å²) in [6, 6.07) is 13.8. The van der Waals surface area contributed by atoms with Crippen LogP contribution in [-0.4, -0.2) is 26.3 Å². The molecule has 116 valence electrons. The smallest absolute Gasteiger partial charge is 0.251 e. The summed E-state index contributed by atoms with van der Waals surface area (Å²) >= 11 is 0. The van der Waals surface area contributed by atoms with Gasteiger partial charge in [-0.1, -0.05) is 0 Å². The Labute approximate surface area is 134 Å². The van der Waals surface area contributed by atoms with Crippen LogP contribution in [-0.2, 0) is 13.0 Å². The average Bonchev–Trinajstić information content (AvgIpc) is 3.26. The minimum absolute atomic E-state index is 0.0120. The predicted octanol–water partition coefficient (Wildman–Crippen LogP) is 2.42. The molecule has 1 aromatic carbocycles. The lowest BCUT2D eigenvalue weighted by molar-refractivity contribution is 0.0930. The molecule has 0 fully saturated rings. The number of nitrogens with zero attached hydrogens (tertiary/aromatic N) is 3. The molecule has 0 radical (unpaired) electrons. The molecule has 4 rings (SSSR count). The van der Waals surface area contributed by atoms with Crippen molar-refractivity contribution in [3.63, 3.8) is 0 Å². The Morgan fingerprint density at radius 2 is 1.91 bits per heavy atom. The first-order valence-corrected chi connectivity index (χ1v) is 7.84. The maximum Gasteiger partial charge on any atom is 0.251 e. The Balaban J connectivity index is 1.43. The van der Waals surface area contributed by atoms with Gasteiger partial charge in [-0.25, -0.2) is 0 Å². The topological polar surface area (TPSA) is 51.9 Å². The molecule has 1 unspecified atom stereocenters. The molecule has 3 aromatic rings. The van der Waals surface area contributed by atoms with Crippen molar-refractivity contribution < 1.29 is 4.79 Å². The van der Waals surface area contributed by atoms with Gasteiger partial charge in [0.2, 0.25) is 0 Å². The second-order valence-electron chi connectivity index (χ2n) is 5.85. The lowest BCUT2D eigenvalue weighted by Crippen LogP contribution is -2.40. The van der Waals surface area contributed by atoms with Gasteiger partial charge in [0.15, 0.2) is 0 Å². The van der Waals surface area contributed by atoms with Crippen LogP contribution < -0.4 is 5.32 Å². The highest BCUT2D eigenvalue weighted by molar-refractivity contribution is 5.94. The van der Waals surface area contributed by atoms with Crippen LogP contribution in [0.25, 0.3) is 5.69 Å². The van der Waals surface area contributed by atoms with Gasteiger partial charge in [-0.05, 0) is 48.9 Å². The van der Waals surface area contributed by atoms with Gasteiger partial charge in [-0.15, -0.1) is 0 Å². The van der Waals surface area contributed by atoms with Gasteiger partial charge in [0.25, 0.3) is 5.91 Å². The maximum atomic E-state index is 12.4. The Morgan fingerprint density at radius 3 is 2.70 bits per heavy atom. The molecular formula is C18H18N4O. The van der Waals surface area contributed by atoms with Crippen LogP contribution in [0.1, 0.15) is 22.5 Å². The zero-order chi connectivity index (χ0) is 15.6. The minimum Gasteiger partial charge on any atom is -0.349 e. The molecular weight excluding hydrogens is 288 g/mol. The van der Waals surface area contributed by atoms with Crippen molar-refractivity contribution in [3.05, 3.63) is 72.3 Å². The van der Waals surface area contributed by atoms with Gasteiger partial charge in [-0.3, -0.25) is 9.48 Å². The number of carbonyl (C=O) groups excluding carboxylic acids is 1. The summed E-state index contributed by atoms with van der Waals surface area (Å²) in [5, 5.41) is 7.40. The van der Waals surface area contributed by atoms with E-state index in [9.17, 15) is 4.79 Å². The Hall–Kier alpha value is -2.82. The van der Waals surface area contributed by atoms with E-state index in [2.05, 4.69) is 10.4 Å². The second kappa shape index (κ2) is 5.76. The number of amides is 1. The molecule has 0 aliphatic carbocycles. The summed E-state index contributed by atoms with van der Waals surface area (Å²) in [6.07, 6.45) is 7.55. The van der Waals surface area contributed by atoms with Gasteiger partial charge in [0.05, 0.1) is 0 Å². The van der Waals surface area contributed by atoms with Crippen LogP contribution in [0.3, 0.4) is 0 Å². The number of rotatable bonds is 3. The standard InChI is InChI=1S/C18H18N4O/c23-18(20-15-8-12-22-17(13-15)7-9-19-22)14-3-5-16(6-4-14)21-10-1-2-11-21/h1-7,9-11,15H,8,12-13H2,(H,20,23). The van der Waals surface area contributed by atoms with Crippen molar-refractivity contribution in [2.24, 2.45) is 0 Å². The molecule has 5 nitrogen and oxygen atoms in total. The fourth-order valence-corrected chi connectivity index (χ4v) is 3.05. The van der Waals surface area contributed by atoms with Gasteiger partial charge >= 0.3 is 0 Å². The largest absolute Gasteiger partial charge is 0.349 e. The number of hydrogen-bond donors (Lipinski definition) is 1. The monoisotopic (exact) mass is 306 g/mol. The minimum atomic E-state index is -0.0120. The van der Waals surface area contributed by atoms with Crippen molar-refractivity contribution in [2.45, 2.75) is 25.4 Å². The lowest BCUT2D eigenvalue weighted by Gasteiger charge is -2.24. The highest BCUT2D eigenvalue weighted by Crippen LogP contribution is 2.15. The van der Waals surface area contributed by atoms with E-state index in [1.807, 2.05) is 70.3 Å². The highest BCUT2D eigenvalue weighted by atomic mass is 16.1. The molecule has 2 aromatic heterocycles. The first kappa shape index (κ1) is 13.8. The molecule has 23 heavy (non-hydrogen) atoms. The Morgan fingerprint density at radius 1 is 1.13 bits per heavy atom. The summed E-state index contributed by atoms with van der Waals surface area (Å²) < 4.78 is 4.03. The first-order chi connectivity index (χ1) is 11.3. The molecule has 1 aliphatic rings. The van der Waals surface area contributed by atoms with E-state index in [0.29, 0.717) is 5.56 Å². The first-order valence-electron chi connectivity index (χ1n) is 7.84. The second-order valence-corrected chi connectivity index (χ2v) is 5.85. The summed E-state index contributed by atoms with van der Waals surface area (Å²) in [6.45, 7) is 0.861. The summed E-state index contributed by atoms with van der Waals surface area (Å²) in [5.41, 5.74) is 2.93. The van der Waals surface area contributed by atoms with E-state index >= 15 is 0 Å². The summed E-state index contributed by atoms with van der Waals surface area (Å²) in [5.74, 6) is -0.0120. The van der Waals surface area contributed by atoms with Crippen LogP contribution in [0.4, 0.5) is 0 Å². The SMILES string of the molecule is O=C(NC1CCn2nccc2C1)c1ccc(-n2cccc2)cc1. The van der Waals surface area contributed by atoms with Crippen LogP contribution >= 0.6 is 0 Å². The highest BCUT2D eigenvalue weighted by Gasteiger charge is 2.20. The van der Waals surface area contributed by atoms with E-state index in [4.69, 9.17) is 0 Å². The molecule has 3 heterocycles. The van der Waals surface area contributed by atoms with Crippen molar-refractivity contribution in [2.75, 3.05) is 0 Å². The maximum absolute atomic E-state index is 12.4. The van der Waals surface area contributed by atoms with Crippen LogP contribution in [0.5, 0.6) is 0 Å². The number of hydrogen-bond acceptors (Lipinski definition) is 2. The van der Waals surface area contributed by atoms with Gasteiger partial charge in [0.1, 0.15) is 0 Å². The number of fused-ring (bicyclic) bond motifs is 1. The number of nitrogens with one attached hydrogen (secondary N) is 1. The Bertz CT molecular complexity index is 802. The van der Waals surface area contributed by atoms with Crippen molar-refractivity contribution >= 4 is 5.91 Å². The zero-order valence-electron chi connectivity index (χ0n) is 12.7. The number of aromatic nitrogens is 3. The molecule has 1 aliphatic heterocycles. The molecule has 0 saturated carbocycles. The van der Waals surface area contributed by atoms with Crippen LogP contribution in [0.15, 0.2) is 61.1 Å². The molecule has 0 saturated heterocycles. The molecule has 1 N–H and O–H groups in total. The molecule has 0 spiro atoms. The van der Waals surface area contributed by atoms with Gasteiger partial charge < -0.3 is 9.88 Å². The molecule has 0 bridgehead atoms. The van der Waals surface area contributed by atoms with Gasteiger partial charge in [0, 0.05) is 54.5 Å². The third-order valence-electron chi connectivity index (χ3n) is 4.32. The quantitative estimate of drug-likeness (QED) is 0.808. The molecule has 1 amide bonds. The molecule has 5 heteroatoms. The van der Waals surface area contributed by atoms with Gasteiger partial charge in [-0.2, -0.15) is 5.10 Å². The van der Waals surface area contributed by atoms with Crippen molar-refractivity contribution in [1.82, 2.24) is 19.7 Å². The van der Waals surface area contributed by atoms with E-state index in [1.165, 1.54) is 5.69 Å². The normalized spacial score (nSPS) is 16.8. The van der Waals surface area contributed by atoms with Crippen molar-refractivity contribution in [3.8, 4) is 5.69 Å². The van der Waals surface area contributed by atoms with E-state index in [0.717, 1.165) is 25.1 Å².